The molecule has 1 N–H and O–H groups in total. The predicted molar refractivity (Wildman–Crippen MR) is 72.5 cm³/mol. The lowest BCUT2D eigenvalue weighted by Gasteiger charge is -2.31. The molecule has 0 spiro atoms. The van der Waals surface area contributed by atoms with Gasteiger partial charge in [-0.1, -0.05) is 37.4 Å². The van der Waals surface area contributed by atoms with Gasteiger partial charge in [-0.2, -0.15) is 0 Å². The summed E-state index contributed by atoms with van der Waals surface area (Å²) >= 11 is 6.28. The van der Waals surface area contributed by atoms with Crippen molar-refractivity contribution in [2.45, 2.75) is 52.6 Å². The van der Waals surface area contributed by atoms with Gasteiger partial charge in [0.2, 0.25) is 0 Å². The maximum atomic E-state index is 10.6. The molecular weight excluding hydrogens is 232 g/mol. The Morgan fingerprint density at radius 1 is 1.18 bits per heavy atom. The van der Waals surface area contributed by atoms with Gasteiger partial charge in [0.15, 0.2) is 0 Å². The topological polar surface area (TPSA) is 20.2 Å². The highest BCUT2D eigenvalue weighted by atomic mass is 35.5. The van der Waals surface area contributed by atoms with E-state index in [0.717, 1.165) is 18.4 Å². The second kappa shape index (κ2) is 4.62. The largest absolute Gasteiger partial charge is 0.388 e. The highest BCUT2D eigenvalue weighted by Gasteiger charge is 2.37. The fraction of sp³-hybridized carbons (Fsp3) is 0.600. The van der Waals surface area contributed by atoms with Crippen LogP contribution in [0.3, 0.4) is 0 Å². The lowest BCUT2D eigenvalue weighted by Crippen LogP contribution is -2.22. The van der Waals surface area contributed by atoms with Crippen molar-refractivity contribution < 1.29 is 5.11 Å². The van der Waals surface area contributed by atoms with Crippen LogP contribution in [0.25, 0.3) is 0 Å². The van der Waals surface area contributed by atoms with E-state index in [4.69, 9.17) is 11.6 Å². The molecule has 1 aromatic rings. The zero-order valence-corrected chi connectivity index (χ0v) is 11.6. The third kappa shape index (κ3) is 2.36. The molecule has 1 unspecified atom stereocenters. The Morgan fingerprint density at radius 3 is 2.29 bits per heavy atom. The van der Waals surface area contributed by atoms with Crippen molar-refractivity contribution in [1.29, 1.82) is 0 Å². The van der Waals surface area contributed by atoms with Gasteiger partial charge in [0.05, 0.1) is 6.10 Å². The molecule has 0 bridgehead atoms. The third-order valence-electron chi connectivity index (χ3n) is 4.31. The molecule has 1 saturated carbocycles. The normalized spacial score (nSPS) is 20.5. The van der Waals surface area contributed by atoms with Crippen LogP contribution in [0.1, 0.15) is 55.4 Å². The second-order valence-electron chi connectivity index (χ2n) is 5.72. The standard InChI is InChI=1S/C15H21ClO/c1-10-8-12(13(16)9-11(10)2)14(17)15(3)6-4-5-7-15/h8-9,14,17H,4-7H2,1-3H3. The average molecular weight is 253 g/mol. The average Bonchev–Trinajstić information content (AvgIpc) is 2.71. The van der Waals surface area contributed by atoms with Crippen LogP contribution in [0.15, 0.2) is 12.1 Å². The Bertz CT molecular complexity index is 419. The number of rotatable bonds is 2. The number of benzene rings is 1. The molecule has 1 atom stereocenters. The van der Waals surface area contributed by atoms with E-state index < -0.39 is 6.10 Å². The van der Waals surface area contributed by atoms with Crippen LogP contribution in [-0.2, 0) is 0 Å². The van der Waals surface area contributed by atoms with E-state index in [1.165, 1.54) is 24.0 Å². The van der Waals surface area contributed by atoms with E-state index in [1.54, 1.807) is 0 Å². The van der Waals surface area contributed by atoms with Crippen molar-refractivity contribution in [3.05, 3.63) is 33.8 Å². The number of aliphatic hydroxyl groups excluding tert-OH is 1. The molecule has 94 valence electrons. The summed E-state index contributed by atoms with van der Waals surface area (Å²) in [6.45, 7) is 6.30. The van der Waals surface area contributed by atoms with Gasteiger partial charge in [-0.05, 0) is 54.9 Å². The maximum Gasteiger partial charge on any atom is 0.0858 e. The first-order valence-corrected chi connectivity index (χ1v) is 6.76. The minimum absolute atomic E-state index is 0.00530. The van der Waals surface area contributed by atoms with Gasteiger partial charge in [0.1, 0.15) is 0 Å². The third-order valence-corrected chi connectivity index (χ3v) is 4.64. The quantitative estimate of drug-likeness (QED) is 0.818. The van der Waals surface area contributed by atoms with E-state index in [0.29, 0.717) is 5.02 Å². The number of halogens is 1. The van der Waals surface area contributed by atoms with Crippen LogP contribution in [-0.4, -0.2) is 5.11 Å². The highest BCUT2D eigenvalue weighted by Crippen LogP contribution is 2.48. The van der Waals surface area contributed by atoms with Gasteiger partial charge in [-0.25, -0.2) is 0 Å². The molecular formula is C15H21ClO. The molecule has 1 nitrogen and oxygen atoms in total. The Morgan fingerprint density at radius 2 is 1.71 bits per heavy atom. The molecule has 0 heterocycles. The lowest BCUT2D eigenvalue weighted by molar-refractivity contribution is 0.0408. The Kier molecular flexibility index (Phi) is 3.51. The van der Waals surface area contributed by atoms with Crippen molar-refractivity contribution in [2.75, 3.05) is 0 Å². The van der Waals surface area contributed by atoms with E-state index in [-0.39, 0.29) is 5.41 Å². The van der Waals surface area contributed by atoms with Gasteiger partial charge in [-0.15, -0.1) is 0 Å². The fourth-order valence-electron chi connectivity index (χ4n) is 2.84. The summed E-state index contributed by atoms with van der Waals surface area (Å²) < 4.78 is 0. The van der Waals surface area contributed by atoms with Crippen molar-refractivity contribution in [1.82, 2.24) is 0 Å². The van der Waals surface area contributed by atoms with Gasteiger partial charge in [-0.3, -0.25) is 0 Å². The van der Waals surface area contributed by atoms with E-state index in [1.807, 2.05) is 12.1 Å². The molecule has 0 aliphatic heterocycles. The molecule has 0 saturated heterocycles. The van der Waals surface area contributed by atoms with Gasteiger partial charge < -0.3 is 5.11 Å². The summed E-state index contributed by atoms with van der Waals surface area (Å²) in [6, 6.07) is 4.01. The number of hydrogen-bond donors (Lipinski definition) is 1. The number of aryl methyl sites for hydroxylation is 2. The Hall–Kier alpha value is -0.530. The van der Waals surface area contributed by atoms with E-state index >= 15 is 0 Å². The summed E-state index contributed by atoms with van der Waals surface area (Å²) in [7, 11) is 0. The zero-order valence-electron chi connectivity index (χ0n) is 10.9. The van der Waals surface area contributed by atoms with Crippen molar-refractivity contribution in [2.24, 2.45) is 5.41 Å². The number of hydrogen-bond acceptors (Lipinski definition) is 1. The monoisotopic (exact) mass is 252 g/mol. The Balaban J connectivity index is 2.36. The Labute approximate surface area is 109 Å². The first-order chi connectivity index (χ1) is 7.94. The van der Waals surface area contributed by atoms with Crippen LogP contribution in [0.5, 0.6) is 0 Å². The van der Waals surface area contributed by atoms with Crippen LogP contribution >= 0.6 is 11.6 Å². The van der Waals surface area contributed by atoms with Crippen LogP contribution in [0.4, 0.5) is 0 Å². The zero-order chi connectivity index (χ0) is 12.6. The molecule has 1 aliphatic rings. The summed E-state index contributed by atoms with van der Waals surface area (Å²) in [6.07, 6.45) is 4.19. The lowest BCUT2D eigenvalue weighted by atomic mass is 9.79. The fourth-order valence-corrected chi connectivity index (χ4v) is 3.17. The minimum Gasteiger partial charge on any atom is -0.388 e. The molecule has 0 aromatic heterocycles. The maximum absolute atomic E-state index is 10.6. The minimum atomic E-state index is -0.434. The smallest absolute Gasteiger partial charge is 0.0858 e. The number of aliphatic hydroxyl groups is 1. The van der Waals surface area contributed by atoms with Gasteiger partial charge >= 0.3 is 0 Å². The molecule has 0 amide bonds. The van der Waals surface area contributed by atoms with Crippen LogP contribution in [0.2, 0.25) is 5.02 Å². The van der Waals surface area contributed by atoms with Gasteiger partial charge in [0, 0.05) is 5.02 Å². The SMILES string of the molecule is Cc1cc(Cl)c(C(O)C2(C)CCCC2)cc1C. The molecule has 2 rings (SSSR count). The summed E-state index contributed by atoms with van der Waals surface area (Å²) in [5, 5.41) is 11.3. The molecule has 1 fully saturated rings. The highest BCUT2D eigenvalue weighted by molar-refractivity contribution is 6.31. The second-order valence-corrected chi connectivity index (χ2v) is 6.13. The molecule has 1 aromatic carbocycles. The molecule has 0 radical (unpaired) electrons. The molecule has 1 aliphatic carbocycles. The summed E-state index contributed by atoms with van der Waals surface area (Å²) in [5.74, 6) is 0. The van der Waals surface area contributed by atoms with Gasteiger partial charge in [0.25, 0.3) is 0 Å². The van der Waals surface area contributed by atoms with E-state index in [2.05, 4.69) is 20.8 Å². The molecule has 2 heteroatoms. The van der Waals surface area contributed by atoms with Crippen LogP contribution < -0.4 is 0 Å². The predicted octanol–water partition coefficient (Wildman–Crippen LogP) is 4.57. The van der Waals surface area contributed by atoms with Crippen molar-refractivity contribution in [3.63, 3.8) is 0 Å². The first kappa shape index (κ1) is 12.9. The molecule has 17 heavy (non-hydrogen) atoms. The first-order valence-electron chi connectivity index (χ1n) is 6.39. The van der Waals surface area contributed by atoms with Crippen molar-refractivity contribution in [3.8, 4) is 0 Å². The van der Waals surface area contributed by atoms with Crippen molar-refractivity contribution >= 4 is 11.6 Å². The van der Waals surface area contributed by atoms with E-state index in [9.17, 15) is 5.11 Å². The van der Waals surface area contributed by atoms with Crippen LogP contribution in [0, 0.1) is 19.3 Å². The summed E-state index contributed by atoms with van der Waals surface area (Å²) in [4.78, 5) is 0. The summed E-state index contributed by atoms with van der Waals surface area (Å²) in [5.41, 5.74) is 3.29.